The molecule has 1 saturated heterocycles. The van der Waals surface area contributed by atoms with Gasteiger partial charge in [-0.05, 0) is 26.2 Å². The van der Waals surface area contributed by atoms with Crippen LogP contribution in [0.25, 0.3) is 0 Å². The summed E-state index contributed by atoms with van der Waals surface area (Å²) in [5.74, 6) is 1.25. The Balaban J connectivity index is 1.64. The molecule has 1 aliphatic heterocycles. The molecule has 0 N–H and O–H groups in total. The van der Waals surface area contributed by atoms with Crippen molar-refractivity contribution < 1.29 is 14.0 Å². The molecule has 1 aliphatic carbocycles. The Morgan fingerprint density at radius 3 is 2.56 bits per heavy atom. The Morgan fingerprint density at radius 1 is 1.20 bits per heavy atom. The van der Waals surface area contributed by atoms with Gasteiger partial charge < -0.3 is 14.2 Å². The van der Waals surface area contributed by atoms with E-state index >= 15 is 0 Å². The van der Waals surface area contributed by atoms with Crippen LogP contribution in [0.15, 0.2) is 4.42 Å². The van der Waals surface area contributed by atoms with E-state index < -0.39 is 0 Å². The largest absolute Gasteiger partial charge is 0.423 e. The molecular formula is C18H28N4O3. The Morgan fingerprint density at radius 2 is 1.92 bits per heavy atom. The van der Waals surface area contributed by atoms with Crippen molar-refractivity contribution >= 4 is 11.8 Å². The third-order valence-corrected chi connectivity index (χ3v) is 5.39. The third kappa shape index (κ3) is 4.02. The van der Waals surface area contributed by atoms with E-state index in [0.717, 1.165) is 12.8 Å². The molecule has 2 fully saturated rings. The van der Waals surface area contributed by atoms with Crippen molar-refractivity contribution in [3.63, 3.8) is 0 Å². The average molecular weight is 348 g/mol. The molecule has 0 bridgehead atoms. The van der Waals surface area contributed by atoms with E-state index in [1.54, 1.807) is 4.90 Å². The summed E-state index contributed by atoms with van der Waals surface area (Å²) in [6.45, 7) is 5.41. The van der Waals surface area contributed by atoms with Crippen LogP contribution in [0.1, 0.15) is 64.2 Å². The lowest BCUT2D eigenvalue weighted by molar-refractivity contribution is -0.145. The summed E-state index contributed by atoms with van der Waals surface area (Å²) >= 11 is 0. The zero-order valence-corrected chi connectivity index (χ0v) is 15.2. The van der Waals surface area contributed by atoms with Gasteiger partial charge in [0.15, 0.2) is 0 Å². The molecule has 25 heavy (non-hydrogen) atoms. The van der Waals surface area contributed by atoms with Gasteiger partial charge in [0.25, 0.3) is 0 Å². The number of aryl methyl sites for hydroxylation is 1. The van der Waals surface area contributed by atoms with E-state index in [4.69, 9.17) is 4.42 Å². The van der Waals surface area contributed by atoms with Gasteiger partial charge in [-0.2, -0.15) is 0 Å². The second kappa shape index (κ2) is 7.97. The lowest BCUT2D eigenvalue weighted by Crippen LogP contribution is -2.50. The third-order valence-electron chi connectivity index (χ3n) is 5.39. The zero-order valence-electron chi connectivity index (χ0n) is 15.2. The van der Waals surface area contributed by atoms with Crippen molar-refractivity contribution in [1.82, 2.24) is 20.0 Å². The first-order valence-corrected chi connectivity index (χ1v) is 9.51. The smallest absolute Gasteiger partial charge is 0.235 e. The highest BCUT2D eigenvalue weighted by atomic mass is 16.4. The highest BCUT2D eigenvalue weighted by Gasteiger charge is 2.36. The Hall–Kier alpha value is -1.92. The van der Waals surface area contributed by atoms with Crippen molar-refractivity contribution in [2.75, 3.05) is 13.1 Å². The van der Waals surface area contributed by atoms with Crippen molar-refractivity contribution in [2.45, 2.75) is 71.4 Å². The Kier molecular flexibility index (Phi) is 5.71. The van der Waals surface area contributed by atoms with Gasteiger partial charge in [-0.25, -0.2) is 0 Å². The van der Waals surface area contributed by atoms with Gasteiger partial charge in [0.1, 0.15) is 0 Å². The van der Waals surface area contributed by atoms with Crippen LogP contribution in [0.3, 0.4) is 0 Å². The van der Waals surface area contributed by atoms with Gasteiger partial charge in [-0.1, -0.05) is 19.8 Å². The maximum absolute atomic E-state index is 13.0. The molecule has 2 amide bonds. The van der Waals surface area contributed by atoms with Crippen molar-refractivity contribution in [3.8, 4) is 0 Å². The zero-order chi connectivity index (χ0) is 17.8. The number of likely N-dealkylation sites (tertiary alicyclic amines) is 1. The van der Waals surface area contributed by atoms with Gasteiger partial charge in [0.05, 0.1) is 12.5 Å². The Labute approximate surface area is 148 Å². The molecule has 2 heterocycles. The first-order valence-electron chi connectivity index (χ1n) is 9.51. The number of hydrogen-bond acceptors (Lipinski definition) is 5. The highest BCUT2D eigenvalue weighted by molar-refractivity contribution is 5.84. The SMILES string of the molecule is CCc1nnc(CN(CC)C(=O)[C@H]2CCC(=O)N(C3CCCC3)C2)o1. The van der Waals surface area contributed by atoms with Gasteiger partial charge in [-0.3, -0.25) is 9.59 Å². The predicted molar refractivity (Wildman–Crippen MR) is 91.5 cm³/mol. The summed E-state index contributed by atoms with van der Waals surface area (Å²) in [5.41, 5.74) is 0. The highest BCUT2D eigenvalue weighted by Crippen LogP contribution is 2.29. The van der Waals surface area contributed by atoms with Crippen LogP contribution in [-0.4, -0.2) is 50.9 Å². The summed E-state index contributed by atoms with van der Waals surface area (Å²) in [7, 11) is 0. The molecule has 0 aromatic carbocycles. The number of nitrogens with zero attached hydrogens (tertiary/aromatic N) is 4. The van der Waals surface area contributed by atoms with Gasteiger partial charge in [-0.15, -0.1) is 10.2 Å². The molecule has 1 atom stereocenters. The maximum Gasteiger partial charge on any atom is 0.235 e. The van der Waals surface area contributed by atoms with Crippen LogP contribution < -0.4 is 0 Å². The lowest BCUT2D eigenvalue weighted by atomic mass is 9.94. The number of carbonyl (C=O) groups is 2. The molecule has 0 unspecified atom stereocenters. The van der Waals surface area contributed by atoms with Crippen LogP contribution in [0.2, 0.25) is 0 Å². The molecule has 3 rings (SSSR count). The number of aromatic nitrogens is 2. The fourth-order valence-electron chi connectivity index (χ4n) is 3.90. The number of piperidine rings is 1. The number of rotatable bonds is 6. The topological polar surface area (TPSA) is 79.5 Å². The second-order valence-corrected chi connectivity index (χ2v) is 7.02. The molecular weight excluding hydrogens is 320 g/mol. The number of carbonyl (C=O) groups excluding carboxylic acids is 2. The summed E-state index contributed by atoms with van der Waals surface area (Å²) in [4.78, 5) is 29.0. The molecule has 138 valence electrons. The van der Waals surface area contributed by atoms with E-state index in [0.29, 0.717) is 56.7 Å². The minimum Gasteiger partial charge on any atom is -0.423 e. The van der Waals surface area contributed by atoms with E-state index in [2.05, 4.69) is 10.2 Å². The molecule has 0 radical (unpaired) electrons. The van der Waals surface area contributed by atoms with E-state index in [9.17, 15) is 9.59 Å². The normalized spacial score (nSPS) is 21.8. The summed E-state index contributed by atoms with van der Waals surface area (Å²) in [6, 6.07) is 0.334. The molecule has 1 aromatic heterocycles. The first-order chi connectivity index (χ1) is 12.1. The molecule has 0 spiro atoms. The van der Waals surface area contributed by atoms with E-state index in [1.807, 2.05) is 18.7 Å². The standard InChI is InChI=1S/C18H28N4O3/c1-3-15-19-20-16(25-15)12-21(4-2)18(24)13-9-10-17(23)22(11-13)14-7-5-6-8-14/h13-14H,3-12H2,1-2H3/t13-/m0/s1. The van der Waals surface area contributed by atoms with Crippen LogP contribution in [0.5, 0.6) is 0 Å². The fraction of sp³-hybridized carbons (Fsp3) is 0.778. The summed E-state index contributed by atoms with van der Waals surface area (Å²) in [6.07, 6.45) is 6.33. The maximum atomic E-state index is 13.0. The molecule has 7 nitrogen and oxygen atoms in total. The predicted octanol–water partition coefficient (Wildman–Crippen LogP) is 2.16. The van der Waals surface area contributed by atoms with E-state index in [1.165, 1.54) is 12.8 Å². The lowest BCUT2D eigenvalue weighted by Gasteiger charge is -2.37. The average Bonchev–Trinajstić information content (AvgIpc) is 3.31. The minimum absolute atomic E-state index is 0.0919. The van der Waals surface area contributed by atoms with Crippen LogP contribution >= 0.6 is 0 Å². The molecule has 7 heteroatoms. The van der Waals surface area contributed by atoms with Crippen molar-refractivity contribution in [2.24, 2.45) is 5.92 Å². The molecule has 1 aromatic rings. The quantitative estimate of drug-likeness (QED) is 0.787. The second-order valence-electron chi connectivity index (χ2n) is 7.02. The number of hydrogen-bond donors (Lipinski definition) is 0. The minimum atomic E-state index is -0.119. The van der Waals surface area contributed by atoms with Crippen LogP contribution in [0, 0.1) is 5.92 Å². The van der Waals surface area contributed by atoms with Gasteiger partial charge in [0, 0.05) is 32.0 Å². The summed E-state index contributed by atoms with van der Waals surface area (Å²) in [5, 5.41) is 7.98. The van der Waals surface area contributed by atoms with Gasteiger partial charge in [0.2, 0.25) is 23.6 Å². The van der Waals surface area contributed by atoms with Crippen LogP contribution in [-0.2, 0) is 22.6 Å². The number of amides is 2. The van der Waals surface area contributed by atoms with Crippen LogP contribution in [0.4, 0.5) is 0 Å². The fourth-order valence-corrected chi connectivity index (χ4v) is 3.90. The summed E-state index contributed by atoms with van der Waals surface area (Å²) < 4.78 is 5.54. The first kappa shape index (κ1) is 17.9. The van der Waals surface area contributed by atoms with Crippen molar-refractivity contribution in [3.05, 3.63) is 11.8 Å². The monoisotopic (exact) mass is 348 g/mol. The molecule has 1 saturated carbocycles. The van der Waals surface area contributed by atoms with E-state index in [-0.39, 0.29) is 17.7 Å². The molecule has 2 aliphatic rings. The van der Waals surface area contributed by atoms with Gasteiger partial charge >= 0.3 is 0 Å². The Bertz CT molecular complexity index is 609. The van der Waals surface area contributed by atoms with Crippen molar-refractivity contribution in [1.29, 1.82) is 0 Å².